The third-order valence-corrected chi connectivity index (χ3v) is 0. The summed E-state index contributed by atoms with van der Waals surface area (Å²) in [6.45, 7) is 0. The molecule has 5 heavy (non-hydrogen) atoms. The fraction of sp³-hybridized carbons (Fsp3) is 1.00. The van der Waals surface area contributed by atoms with Gasteiger partial charge in [-0.15, -0.1) is 0 Å². The van der Waals surface area contributed by atoms with Crippen molar-refractivity contribution in [3.63, 3.8) is 0 Å². The zero-order valence-corrected chi connectivity index (χ0v) is 1.92. The van der Waals surface area contributed by atoms with Gasteiger partial charge in [-0.05, 0) is 0 Å². The van der Waals surface area contributed by atoms with Crippen LogP contribution in [-0.2, 0) is 0 Å². The van der Waals surface area contributed by atoms with Crippen LogP contribution >= 0.6 is 0 Å². The summed E-state index contributed by atoms with van der Waals surface area (Å²) in [4.78, 5) is 0. The molecule has 0 aliphatic carbocycles. The van der Waals surface area contributed by atoms with Crippen molar-refractivity contribution >= 4 is 7.32 Å². The summed E-state index contributed by atoms with van der Waals surface area (Å²) in [5.41, 5.74) is 0. The fourth-order valence-corrected chi connectivity index (χ4v) is 0. The lowest BCUT2D eigenvalue weighted by Gasteiger charge is -1.69. The van der Waals surface area contributed by atoms with Gasteiger partial charge in [-0.25, -0.2) is 0 Å². The molecule has 0 bridgehead atoms. The highest BCUT2D eigenvalue weighted by atomic mass is 16.5. The smallest absolute Gasteiger partial charge is 0.402 e. The average Bonchev–Trinajstić information content (AvgIpc) is 0.811. The number of hydrogen-bond acceptors (Lipinski definition) is 3. The van der Waals surface area contributed by atoms with Gasteiger partial charge >= 0.3 is 7.32 Å². The van der Waals surface area contributed by atoms with E-state index in [1.54, 1.807) is 0 Å². The predicted molar refractivity (Wildman–Crippen MR) is 19.1 cm³/mol. The van der Waals surface area contributed by atoms with Gasteiger partial charge in [0, 0.05) is 0 Å². The maximum Gasteiger partial charge on any atom is 0.631 e. The highest BCUT2D eigenvalue weighted by Crippen LogP contribution is 1.40. The molecule has 0 aromatic carbocycles. The maximum atomic E-state index is 7.17. The van der Waals surface area contributed by atoms with E-state index in [4.69, 9.17) is 15.1 Å². The zero-order chi connectivity index (χ0) is 3.58. The molecule has 0 aliphatic rings. The molecule has 4 heteroatoms. The Morgan fingerprint density at radius 1 is 1.00 bits per heavy atom. The van der Waals surface area contributed by atoms with Gasteiger partial charge in [-0.3, -0.25) is 0 Å². The molecule has 0 saturated carbocycles. The van der Waals surface area contributed by atoms with E-state index in [0.29, 0.717) is 0 Å². The van der Waals surface area contributed by atoms with Crippen LogP contribution in [0.5, 0.6) is 0 Å². The minimum absolute atomic E-state index is 0. The van der Waals surface area contributed by atoms with Gasteiger partial charge in [0.15, 0.2) is 0 Å². The van der Waals surface area contributed by atoms with Gasteiger partial charge in [0.05, 0.1) is 0 Å². The summed E-state index contributed by atoms with van der Waals surface area (Å²) in [5.74, 6) is 0. The Morgan fingerprint density at radius 2 is 1.00 bits per heavy atom. The molecule has 0 fully saturated rings. The van der Waals surface area contributed by atoms with Crippen LogP contribution in [0.15, 0.2) is 0 Å². The Kier molecular flexibility index (Phi) is 7.00. The van der Waals surface area contributed by atoms with Crippen molar-refractivity contribution in [2.45, 2.75) is 7.43 Å². The van der Waals surface area contributed by atoms with Crippen molar-refractivity contribution in [2.75, 3.05) is 0 Å². The van der Waals surface area contributed by atoms with Crippen LogP contribution in [0.2, 0.25) is 0 Å². The first-order valence-corrected chi connectivity index (χ1v) is 0.775. The Labute approximate surface area is 31.1 Å². The second-order valence-electron chi connectivity index (χ2n) is 0.346. The van der Waals surface area contributed by atoms with Crippen molar-refractivity contribution < 1.29 is 15.1 Å². The third kappa shape index (κ3) is 4920. The van der Waals surface area contributed by atoms with E-state index < -0.39 is 7.32 Å². The first-order valence-electron chi connectivity index (χ1n) is 0.775. The topological polar surface area (TPSA) is 60.7 Å². The van der Waals surface area contributed by atoms with E-state index in [2.05, 4.69) is 0 Å². The molecule has 3 N–H and O–H groups in total. The normalized spacial score (nSPS) is 5.40. The lowest BCUT2D eigenvalue weighted by Crippen LogP contribution is -2.07. The predicted octanol–water partition coefficient (Wildman–Crippen LogP) is -1.42. The third-order valence-electron chi connectivity index (χ3n) is 0. The molecule has 0 aliphatic heterocycles. The summed E-state index contributed by atoms with van der Waals surface area (Å²) in [7, 11) is -2.17. The highest BCUT2D eigenvalue weighted by molar-refractivity contribution is 6.30. The molecule has 0 heterocycles. The fourth-order valence-electron chi connectivity index (χ4n) is 0. The molecule has 0 rings (SSSR count). The van der Waals surface area contributed by atoms with Crippen LogP contribution in [-0.4, -0.2) is 22.4 Å². The van der Waals surface area contributed by atoms with E-state index in [9.17, 15) is 0 Å². The number of hydrogen-bond donors (Lipinski definition) is 3. The lowest BCUT2D eigenvalue weighted by atomic mass is 10.3. The molecule has 3 nitrogen and oxygen atoms in total. The monoisotopic (exact) mass is 77.1 g/mol. The first-order chi connectivity index (χ1) is 1.73. The summed E-state index contributed by atoms with van der Waals surface area (Å²) in [6, 6.07) is 0. The second-order valence-corrected chi connectivity index (χ2v) is 0.346. The molecule has 32 valence electrons. The lowest BCUT2D eigenvalue weighted by molar-refractivity contribution is 0.278. The molecule has 0 spiro atoms. The molecule has 0 atom stereocenters. The van der Waals surface area contributed by atoms with Crippen LogP contribution in [0.4, 0.5) is 0 Å². The molecule has 0 radical (unpaired) electrons. The van der Waals surface area contributed by atoms with Gasteiger partial charge in [0.2, 0.25) is 0 Å². The summed E-state index contributed by atoms with van der Waals surface area (Å²) in [5, 5.41) is 21.5. The van der Waals surface area contributed by atoms with Crippen LogP contribution in [0.3, 0.4) is 0 Å². The van der Waals surface area contributed by atoms with Crippen molar-refractivity contribution in [3.8, 4) is 0 Å². The summed E-state index contributed by atoms with van der Waals surface area (Å²) >= 11 is 0. The van der Waals surface area contributed by atoms with E-state index in [0.717, 1.165) is 0 Å². The van der Waals surface area contributed by atoms with Crippen molar-refractivity contribution in [1.29, 1.82) is 0 Å². The van der Waals surface area contributed by atoms with Gasteiger partial charge < -0.3 is 15.1 Å². The van der Waals surface area contributed by atoms with Crippen molar-refractivity contribution in [3.05, 3.63) is 0 Å². The van der Waals surface area contributed by atoms with E-state index in [-0.39, 0.29) is 7.43 Å². The maximum absolute atomic E-state index is 7.17. The summed E-state index contributed by atoms with van der Waals surface area (Å²) < 4.78 is 0. The van der Waals surface area contributed by atoms with Crippen LogP contribution < -0.4 is 0 Å². The molecule has 0 aromatic heterocycles. The van der Waals surface area contributed by atoms with Gasteiger partial charge in [-0.1, -0.05) is 7.43 Å². The van der Waals surface area contributed by atoms with E-state index in [1.165, 1.54) is 0 Å². The average molecular weight is 76.9 g/mol. The van der Waals surface area contributed by atoms with Crippen LogP contribution in [0.1, 0.15) is 7.43 Å². The van der Waals surface area contributed by atoms with Gasteiger partial charge in [0.1, 0.15) is 0 Å². The quantitative estimate of drug-likeness (QED) is 0.311. The molecular weight excluding hydrogens is 69.8 g/mol. The minimum Gasteiger partial charge on any atom is -0.402 e. The molecule has 0 amide bonds. The standard InChI is InChI=1S/CH4.BH3O3/c;2-1(3)4/h1H4;2-4H/i1-1;. The second kappa shape index (κ2) is 3.94. The van der Waals surface area contributed by atoms with Gasteiger partial charge in [0.25, 0.3) is 0 Å². The van der Waals surface area contributed by atoms with E-state index >= 15 is 0 Å². The first kappa shape index (κ1) is 8.87. The SMILES string of the molecule is OB(O)O.[11CH4]. The number of rotatable bonds is 0. The highest BCUT2D eigenvalue weighted by Gasteiger charge is 1.92. The molecule has 0 unspecified atom stereocenters. The van der Waals surface area contributed by atoms with Crippen LogP contribution in [0, 0.1) is 0 Å². The van der Waals surface area contributed by atoms with Crippen molar-refractivity contribution in [2.24, 2.45) is 0 Å². The Bertz CT molecular complexity index is 11.6. The minimum atomic E-state index is -2.17. The van der Waals surface area contributed by atoms with Crippen molar-refractivity contribution in [1.82, 2.24) is 0 Å². The molecule has 0 saturated heterocycles. The Morgan fingerprint density at radius 3 is 1.00 bits per heavy atom. The van der Waals surface area contributed by atoms with Gasteiger partial charge in [-0.2, -0.15) is 0 Å². The molecular formula is CH7BO3. The van der Waals surface area contributed by atoms with Crippen LogP contribution in [0.25, 0.3) is 0 Å². The summed E-state index contributed by atoms with van der Waals surface area (Å²) in [6.07, 6.45) is 0. The Balaban J connectivity index is 0. The molecule has 0 aromatic rings. The largest absolute Gasteiger partial charge is 0.631 e. The zero-order valence-electron chi connectivity index (χ0n) is 1.92. The van der Waals surface area contributed by atoms with E-state index in [1.807, 2.05) is 0 Å². The Hall–Kier alpha value is -0.0551.